The fraction of sp³-hybridized carbons (Fsp3) is 0.308. The molecule has 0 aliphatic rings. The van der Waals surface area contributed by atoms with E-state index in [9.17, 15) is 14.4 Å². The van der Waals surface area contributed by atoms with Crippen LogP contribution in [0.4, 0.5) is 5.69 Å². The van der Waals surface area contributed by atoms with Gasteiger partial charge < -0.3 is 10.6 Å². The second kappa shape index (κ2) is 7.90. The number of hydrogen-bond acceptors (Lipinski definition) is 4. The van der Waals surface area contributed by atoms with Crippen LogP contribution in [-0.2, 0) is 14.4 Å². The molecule has 1 aromatic rings. The molecular weight excluding hydrogens is 262 g/mol. The van der Waals surface area contributed by atoms with Crippen LogP contribution in [0.5, 0.6) is 0 Å². The molecule has 1 rings (SSSR count). The second-order valence-corrected chi connectivity index (χ2v) is 4.23. The number of carbonyl (C=O) groups is 3. The van der Waals surface area contributed by atoms with Crippen molar-refractivity contribution in [3.05, 3.63) is 29.8 Å². The van der Waals surface area contributed by atoms with Gasteiger partial charge in [-0.2, -0.15) is 0 Å². The highest BCUT2D eigenvalue weighted by Gasteiger charge is 2.08. The summed E-state index contributed by atoms with van der Waals surface area (Å²) in [6, 6.07) is 7.30. The van der Waals surface area contributed by atoms with E-state index in [0.29, 0.717) is 5.69 Å². The van der Waals surface area contributed by atoms with Gasteiger partial charge in [-0.25, -0.2) is 5.48 Å². The van der Waals surface area contributed by atoms with Crippen LogP contribution in [0.15, 0.2) is 24.3 Å². The average Bonchev–Trinajstić information content (AvgIpc) is 2.45. The molecule has 0 saturated heterocycles. The molecule has 0 unspecified atom stereocenters. The molecule has 3 amide bonds. The van der Waals surface area contributed by atoms with E-state index in [1.165, 1.54) is 5.48 Å². The van der Waals surface area contributed by atoms with Crippen LogP contribution in [0.2, 0.25) is 0 Å². The van der Waals surface area contributed by atoms with Crippen molar-refractivity contribution in [1.29, 1.82) is 0 Å². The molecule has 0 heterocycles. The molecule has 0 radical (unpaired) electrons. The van der Waals surface area contributed by atoms with Crippen molar-refractivity contribution in [1.82, 2.24) is 10.8 Å². The van der Waals surface area contributed by atoms with Crippen LogP contribution in [0.3, 0.4) is 0 Å². The van der Waals surface area contributed by atoms with Crippen molar-refractivity contribution >= 4 is 23.4 Å². The highest BCUT2D eigenvalue weighted by atomic mass is 16.5. The molecule has 108 valence electrons. The van der Waals surface area contributed by atoms with Crippen LogP contribution >= 0.6 is 0 Å². The fourth-order valence-electron chi connectivity index (χ4n) is 1.39. The van der Waals surface area contributed by atoms with Crippen LogP contribution < -0.4 is 16.1 Å². The summed E-state index contributed by atoms with van der Waals surface area (Å²) in [5, 5.41) is 13.2. The third kappa shape index (κ3) is 5.96. The molecular formula is C13H17N3O4. The normalized spacial score (nSPS) is 9.70. The molecule has 0 atom stereocenters. The Hall–Kier alpha value is -2.41. The predicted molar refractivity (Wildman–Crippen MR) is 72.0 cm³/mol. The lowest BCUT2D eigenvalue weighted by atomic mass is 10.2. The van der Waals surface area contributed by atoms with E-state index in [1.807, 2.05) is 19.1 Å². The van der Waals surface area contributed by atoms with Gasteiger partial charge in [0.1, 0.15) is 0 Å². The number of hydrogen-bond donors (Lipinski definition) is 4. The van der Waals surface area contributed by atoms with Crippen molar-refractivity contribution in [2.45, 2.75) is 19.8 Å². The number of aryl methyl sites for hydroxylation is 1. The minimum atomic E-state index is -0.720. The van der Waals surface area contributed by atoms with E-state index in [0.717, 1.165) is 5.56 Å². The number of nitrogens with one attached hydrogen (secondary N) is 3. The van der Waals surface area contributed by atoms with E-state index in [1.54, 1.807) is 12.1 Å². The van der Waals surface area contributed by atoms with Crippen molar-refractivity contribution in [2.24, 2.45) is 0 Å². The minimum Gasteiger partial charge on any atom is -0.347 e. The zero-order valence-corrected chi connectivity index (χ0v) is 11.1. The zero-order valence-electron chi connectivity index (χ0n) is 11.1. The fourth-order valence-corrected chi connectivity index (χ4v) is 1.39. The second-order valence-electron chi connectivity index (χ2n) is 4.23. The number of hydroxylamine groups is 1. The largest absolute Gasteiger partial charge is 0.347 e. The Morgan fingerprint density at radius 1 is 1.00 bits per heavy atom. The van der Waals surface area contributed by atoms with Gasteiger partial charge >= 0.3 is 0 Å². The molecule has 1 aromatic carbocycles. The lowest BCUT2D eigenvalue weighted by Gasteiger charge is -2.06. The predicted octanol–water partition coefficient (Wildman–Crippen LogP) is 0.335. The molecule has 20 heavy (non-hydrogen) atoms. The SMILES string of the molecule is Cc1ccc(NC(=O)CCC(=O)NCC(=O)NO)cc1. The Bertz CT molecular complexity index is 485. The Morgan fingerprint density at radius 3 is 2.20 bits per heavy atom. The minimum absolute atomic E-state index is 0.0143. The third-order valence-electron chi connectivity index (χ3n) is 2.49. The molecule has 0 saturated carbocycles. The molecule has 7 nitrogen and oxygen atoms in total. The van der Waals surface area contributed by atoms with E-state index in [-0.39, 0.29) is 25.3 Å². The number of anilines is 1. The highest BCUT2D eigenvalue weighted by Crippen LogP contribution is 2.09. The van der Waals surface area contributed by atoms with Crippen molar-refractivity contribution < 1.29 is 19.6 Å². The maximum Gasteiger partial charge on any atom is 0.262 e. The van der Waals surface area contributed by atoms with Crippen LogP contribution in [0.1, 0.15) is 18.4 Å². The average molecular weight is 279 g/mol. The van der Waals surface area contributed by atoms with Gasteiger partial charge in [0.15, 0.2) is 0 Å². The maximum absolute atomic E-state index is 11.6. The first kappa shape index (κ1) is 15.6. The highest BCUT2D eigenvalue weighted by molar-refractivity contribution is 5.93. The first-order valence-electron chi connectivity index (χ1n) is 6.07. The number of amides is 3. The molecule has 4 N–H and O–H groups in total. The third-order valence-corrected chi connectivity index (χ3v) is 2.49. The van der Waals surface area contributed by atoms with Crippen LogP contribution in [0.25, 0.3) is 0 Å². The number of benzene rings is 1. The molecule has 0 aliphatic carbocycles. The van der Waals surface area contributed by atoms with Gasteiger partial charge in [0.05, 0.1) is 6.54 Å². The summed E-state index contributed by atoms with van der Waals surface area (Å²) in [7, 11) is 0. The van der Waals surface area contributed by atoms with E-state index in [4.69, 9.17) is 5.21 Å². The molecule has 0 bridgehead atoms. The topological polar surface area (TPSA) is 108 Å². The summed E-state index contributed by atoms with van der Waals surface area (Å²) in [6.45, 7) is 1.62. The van der Waals surface area contributed by atoms with Gasteiger partial charge in [-0.3, -0.25) is 19.6 Å². The maximum atomic E-state index is 11.6. The van der Waals surface area contributed by atoms with Gasteiger partial charge in [-0.15, -0.1) is 0 Å². The van der Waals surface area contributed by atoms with E-state index >= 15 is 0 Å². The monoisotopic (exact) mass is 279 g/mol. The van der Waals surface area contributed by atoms with Gasteiger partial charge in [0.2, 0.25) is 11.8 Å². The molecule has 0 aromatic heterocycles. The molecule has 7 heteroatoms. The van der Waals surface area contributed by atoms with E-state index in [2.05, 4.69) is 10.6 Å². The van der Waals surface area contributed by atoms with Gasteiger partial charge in [-0.05, 0) is 19.1 Å². The summed E-state index contributed by atoms with van der Waals surface area (Å²) >= 11 is 0. The quantitative estimate of drug-likeness (QED) is 0.444. The Labute approximate surface area is 116 Å². The van der Waals surface area contributed by atoms with E-state index < -0.39 is 11.8 Å². The Morgan fingerprint density at radius 2 is 1.60 bits per heavy atom. The summed E-state index contributed by atoms with van der Waals surface area (Å²) in [6.07, 6.45) is -0.0170. The van der Waals surface area contributed by atoms with Crippen molar-refractivity contribution in [3.8, 4) is 0 Å². The van der Waals surface area contributed by atoms with Crippen LogP contribution in [-0.4, -0.2) is 29.5 Å². The summed E-state index contributed by atoms with van der Waals surface area (Å²) in [5.41, 5.74) is 3.14. The van der Waals surface area contributed by atoms with Crippen molar-refractivity contribution in [3.63, 3.8) is 0 Å². The first-order valence-corrected chi connectivity index (χ1v) is 6.07. The summed E-state index contributed by atoms with van der Waals surface area (Å²) in [5.74, 6) is -1.44. The standard InChI is InChI=1S/C13H17N3O4/c1-9-2-4-10(5-3-9)15-12(18)7-6-11(17)14-8-13(19)16-20/h2-5,20H,6-8H2,1H3,(H,14,17)(H,15,18)(H,16,19). The van der Waals surface area contributed by atoms with Crippen molar-refractivity contribution in [2.75, 3.05) is 11.9 Å². The Kier molecular flexibility index (Phi) is 6.18. The smallest absolute Gasteiger partial charge is 0.262 e. The van der Waals surface area contributed by atoms with Gasteiger partial charge in [-0.1, -0.05) is 17.7 Å². The number of rotatable bonds is 6. The molecule has 0 fully saturated rings. The first-order chi connectivity index (χ1) is 9.51. The van der Waals surface area contributed by atoms with Crippen LogP contribution in [0, 0.1) is 6.92 Å². The Balaban J connectivity index is 2.27. The molecule has 0 spiro atoms. The lowest BCUT2D eigenvalue weighted by molar-refractivity contribution is -0.131. The summed E-state index contributed by atoms with van der Waals surface area (Å²) < 4.78 is 0. The van der Waals surface area contributed by atoms with Gasteiger partial charge in [0, 0.05) is 18.5 Å². The van der Waals surface area contributed by atoms with Gasteiger partial charge in [0.25, 0.3) is 5.91 Å². The summed E-state index contributed by atoms with van der Waals surface area (Å²) in [4.78, 5) is 33.6. The number of carbonyl (C=O) groups excluding carboxylic acids is 3. The molecule has 0 aliphatic heterocycles. The lowest BCUT2D eigenvalue weighted by Crippen LogP contribution is -2.35. The zero-order chi connectivity index (χ0) is 15.0.